The summed E-state index contributed by atoms with van der Waals surface area (Å²) in [5.74, 6) is 0. The summed E-state index contributed by atoms with van der Waals surface area (Å²) in [5, 5.41) is 1.36. The Kier molecular flexibility index (Phi) is 3.29. The molecule has 0 aliphatic rings. The lowest BCUT2D eigenvalue weighted by atomic mass is 10.1. The normalized spacial score (nSPS) is 10.5. The van der Waals surface area contributed by atoms with Crippen molar-refractivity contribution in [2.45, 2.75) is 12.8 Å². The summed E-state index contributed by atoms with van der Waals surface area (Å²) in [5.41, 5.74) is 2.18. The van der Waals surface area contributed by atoms with Crippen LogP contribution in [-0.4, -0.2) is 9.97 Å². The number of aryl methyl sites for hydroxylation is 2. The minimum atomic E-state index is 0.680. The second kappa shape index (κ2) is 4.69. The number of rotatable bonds is 3. The van der Waals surface area contributed by atoms with Crippen molar-refractivity contribution in [1.29, 1.82) is 0 Å². The predicted octanol–water partition coefficient (Wildman–Crippen LogP) is 3.50. The van der Waals surface area contributed by atoms with E-state index in [1.807, 2.05) is 18.3 Å². The lowest BCUT2D eigenvalue weighted by Crippen LogP contribution is -1.91. The first-order chi connectivity index (χ1) is 7.24. The number of imidazole rings is 1. The van der Waals surface area contributed by atoms with Crippen molar-refractivity contribution in [2.75, 3.05) is 0 Å². The Labute approximate surface area is 98.3 Å². The smallest absolute Gasteiger partial charge is 0.0923 e. The number of aromatic amines is 1. The van der Waals surface area contributed by atoms with Crippen LogP contribution in [0.1, 0.15) is 11.3 Å². The second-order valence-corrected chi connectivity index (χ2v) is 4.21. The van der Waals surface area contributed by atoms with Crippen LogP contribution in [0.25, 0.3) is 0 Å². The molecule has 2 nitrogen and oxygen atoms in total. The molecular formula is C11H10Cl2N2. The lowest BCUT2D eigenvalue weighted by Gasteiger charge is -2.01. The van der Waals surface area contributed by atoms with Crippen LogP contribution >= 0.6 is 23.2 Å². The van der Waals surface area contributed by atoms with Crippen molar-refractivity contribution < 1.29 is 0 Å². The highest BCUT2D eigenvalue weighted by Crippen LogP contribution is 2.19. The van der Waals surface area contributed by atoms with Crippen molar-refractivity contribution in [3.05, 3.63) is 52.0 Å². The maximum Gasteiger partial charge on any atom is 0.0923 e. The van der Waals surface area contributed by atoms with Crippen molar-refractivity contribution in [3.8, 4) is 0 Å². The zero-order chi connectivity index (χ0) is 10.7. The zero-order valence-electron chi connectivity index (χ0n) is 8.00. The predicted molar refractivity (Wildman–Crippen MR) is 62.5 cm³/mol. The third kappa shape index (κ3) is 2.98. The Hall–Kier alpha value is -0.990. The van der Waals surface area contributed by atoms with E-state index in [0.717, 1.165) is 24.1 Å². The fourth-order valence-corrected chi connectivity index (χ4v) is 2.03. The lowest BCUT2D eigenvalue weighted by molar-refractivity contribution is 0.925. The van der Waals surface area contributed by atoms with Crippen LogP contribution in [0, 0.1) is 0 Å². The molecule has 0 spiro atoms. The first kappa shape index (κ1) is 10.5. The summed E-state index contributed by atoms with van der Waals surface area (Å²) >= 11 is 11.8. The topological polar surface area (TPSA) is 28.7 Å². The van der Waals surface area contributed by atoms with E-state index in [1.165, 1.54) is 0 Å². The molecule has 0 fully saturated rings. The molecule has 0 amide bonds. The minimum Gasteiger partial charge on any atom is -0.351 e. The van der Waals surface area contributed by atoms with Crippen LogP contribution in [-0.2, 0) is 12.8 Å². The molecule has 1 heterocycles. The Morgan fingerprint density at radius 3 is 2.40 bits per heavy atom. The van der Waals surface area contributed by atoms with E-state index < -0.39 is 0 Å². The molecule has 0 atom stereocenters. The van der Waals surface area contributed by atoms with Gasteiger partial charge in [-0.25, -0.2) is 4.98 Å². The fraction of sp³-hybridized carbons (Fsp3) is 0.182. The average Bonchev–Trinajstić information content (AvgIpc) is 2.65. The van der Waals surface area contributed by atoms with Gasteiger partial charge >= 0.3 is 0 Å². The van der Waals surface area contributed by atoms with E-state index in [9.17, 15) is 0 Å². The highest BCUT2D eigenvalue weighted by Gasteiger charge is 2.00. The van der Waals surface area contributed by atoms with Crippen molar-refractivity contribution >= 4 is 23.2 Å². The van der Waals surface area contributed by atoms with Crippen LogP contribution in [0.3, 0.4) is 0 Å². The average molecular weight is 241 g/mol. The van der Waals surface area contributed by atoms with Crippen LogP contribution in [0.2, 0.25) is 10.0 Å². The maximum atomic E-state index is 5.90. The molecule has 0 aliphatic heterocycles. The van der Waals surface area contributed by atoms with Crippen LogP contribution in [0.4, 0.5) is 0 Å². The summed E-state index contributed by atoms with van der Waals surface area (Å²) in [6, 6.07) is 5.60. The van der Waals surface area contributed by atoms with Gasteiger partial charge in [-0.2, -0.15) is 0 Å². The highest BCUT2D eigenvalue weighted by molar-refractivity contribution is 6.34. The van der Waals surface area contributed by atoms with E-state index in [4.69, 9.17) is 23.2 Å². The molecule has 1 N–H and O–H groups in total. The second-order valence-electron chi connectivity index (χ2n) is 3.34. The molecule has 0 bridgehead atoms. The summed E-state index contributed by atoms with van der Waals surface area (Å²) in [4.78, 5) is 7.08. The van der Waals surface area contributed by atoms with Crippen LogP contribution in [0.15, 0.2) is 30.7 Å². The van der Waals surface area contributed by atoms with Gasteiger partial charge in [0.05, 0.1) is 12.0 Å². The first-order valence-electron chi connectivity index (χ1n) is 4.66. The number of nitrogens with zero attached hydrogens (tertiary/aromatic N) is 1. The zero-order valence-corrected chi connectivity index (χ0v) is 9.52. The SMILES string of the molecule is Clc1cc(Cl)cc(CCc2c[nH]cn2)c1. The van der Waals surface area contributed by atoms with Gasteiger partial charge in [0.1, 0.15) is 0 Å². The van der Waals surface area contributed by atoms with Gasteiger partial charge < -0.3 is 4.98 Å². The monoisotopic (exact) mass is 240 g/mol. The number of hydrogen-bond acceptors (Lipinski definition) is 1. The van der Waals surface area contributed by atoms with Crippen molar-refractivity contribution in [1.82, 2.24) is 9.97 Å². The van der Waals surface area contributed by atoms with Crippen molar-refractivity contribution in [2.24, 2.45) is 0 Å². The summed E-state index contributed by atoms with van der Waals surface area (Å²) in [6.07, 6.45) is 5.36. The molecule has 4 heteroatoms. The van der Waals surface area contributed by atoms with Gasteiger partial charge in [-0.15, -0.1) is 0 Å². The Balaban J connectivity index is 2.05. The van der Waals surface area contributed by atoms with Gasteiger partial charge in [0.2, 0.25) is 0 Å². The quantitative estimate of drug-likeness (QED) is 0.875. The van der Waals surface area contributed by atoms with Gasteiger partial charge in [0, 0.05) is 16.2 Å². The van der Waals surface area contributed by atoms with Crippen LogP contribution < -0.4 is 0 Å². The standard InChI is InChI=1S/C11H10Cl2N2/c12-9-3-8(4-10(13)5-9)1-2-11-6-14-7-15-11/h3-7H,1-2H2,(H,14,15). The number of halogens is 2. The molecule has 0 radical (unpaired) electrons. The highest BCUT2D eigenvalue weighted by atomic mass is 35.5. The number of aromatic nitrogens is 2. The van der Waals surface area contributed by atoms with E-state index in [0.29, 0.717) is 10.0 Å². The fourth-order valence-electron chi connectivity index (χ4n) is 1.46. The van der Waals surface area contributed by atoms with Crippen molar-refractivity contribution in [3.63, 3.8) is 0 Å². The molecule has 0 aliphatic carbocycles. The molecular weight excluding hydrogens is 231 g/mol. The Bertz CT molecular complexity index is 418. The minimum absolute atomic E-state index is 0.680. The van der Waals surface area contributed by atoms with E-state index >= 15 is 0 Å². The summed E-state index contributed by atoms with van der Waals surface area (Å²) in [6.45, 7) is 0. The molecule has 0 unspecified atom stereocenters. The molecule has 2 rings (SSSR count). The number of nitrogens with one attached hydrogen (secondary N) is 1. The molecule has 1 aromatic heterocycles. The molecule has 15 heavy (non-hydrogen) atoms. The number of H-pyrrole nitrogens is 1. The largest absolute Gasteiger partial charge is 0.351 e. The number of benzene rings is 1. The van der Waals surface area contributed by atoms with Gasteiger partial charge in [-0.1, -0.05) is 23.2 Å². The molecule has 0 saturated heterocycles. The van der Waals surface area contributed by atoms with Gasteiger partial charge in [-0.05, 0) is 36.6 Å². The Morgan fingerprint density at radius 1 is 1.07 bits per heavy atom. The molecule has 1 aromatic carbocycles. The third-order valence-corrected chi connectivity index (χ3v) is 2.58. The van der Waals surface area contributed by atoms with Gasteiger partial charge in [-0.3, -0.25) is 0 Å². The maximum absolute atomic E-state index is 5.90. The number of hydrogen-bond donors (Lipinski definition) is 1. The van der Waals surface area contributed by atoms with E-state index in [2.05, 4.69) is 9.97 Å². The van der Waals surface area contributed by atoms with Gasteiger partial charge in [0.15, 0.2) is 0 Å². The summed E-state index contributed by atoms with van der Waals surface area (Å²) in [7, 11) is 0. The van der Waals surface area contributed by atoms with Crippen LogP contribution in [0.5, 0.6) is 0 Å². The third-order valence-electron chi connectivity index (χ3n) is 2.15. The van der Waals surface area contributed by atoms with Gasteiger partial charge in [0.25, 0.3) is 0 Å². The first-order valence-corrected chi connectivity index (χ1v) is 5.42. The molecule has 2 aromatic rings. The van der Waals surface area contributed by atoms with E-state index in [1.54, 1.807) is 12.4 Å². The summed E-state index contributed by atoms with van der Waals surface area (Å²) < 4.78 is 0. The molecule has 78 valence electrons. The van der Waals surface area contributed by atoms with E-state index in [-0.39, 0.29) is 0 Å². The Morgan fingerprint density at radius 2 is 1.80 bits per heavy atom. The molecule has 0 saturated carbocycles.